The number of sulfonamides is 1. The summed E-state index contributed by atoms with van der Waals surface area (Å²) in [5.74, 6) is -0.601. The number of nitrogens with zero attached hydrogens (tertiary/aromatic N) is 1. The number of carbonyl (C=O) groups is 1. The molecule has 6 nitrogen and oxygen atoms in total. The molecule has 0 atom stereocenters. The molecule has 2 aromatic carbocycles. The molecule has 3 aromatic rings. The van der Waals surface area contributed by atoms with Crippen molar-refractivity contribution in [3.05, 3.63) is 89.2 Å². The fourth-order valence-electron chi connectivity index (χ4n) is 2.61. The lowest BCUT2D eigenvalue weighted by molar-refractivity contribution is 0.0466. The third-order valence-electron chi connectivity index (χ3n) is 4.09. The number of aromatic nitrogens is 1. The first-order chi connectivity index (χ1) is 13.3. The standard InChI is InChI=1S/C21H20N2O4S/c1-15-6-5-8-17(12-15)23-28(25,26)19-10-9-16(2)20(13-19)21(24)27-14-18-7-3-4-11-22-18/h3-13,23H,14H2,1-2H3. The van der Waals surface area contributed by atoms with Gasteiger partial charge < -0.3 is 4.74 Å². The average molecular weight is 396 g/mol. The Bertz CT molecular complexity index is 1100. The summed E-state index contributed by atoms with van der Waals surface area (Å²) >= 11 is 0. The molecule has 1 aromatic heterocycles. The van der Waals surface area contributed by atoms with Gasteiger partial charge in [-0.2, -0.15) is 0 Å². The number of hydrogen-bond acceptors (Lipinski definition) is 5. The minimum Gasteiger partial charge on any atom is -0.456 e. The van der Waals surface area contributed by atoms with Crippen LogP contribution in [0, 0.1) is 13.8 Å². The topological polar surface area (TPSA) is 85.4 Å². The van der Waals surface area contributed by atoms with Crippen LogP contribution in [0.2, 0.25) is 0 Å². The van der Waals surface area contributed by atoms with E-state index < -0.39 is 16.0 Å². The zero-order chi connectivity index (χ0) is 20.1. The molecule has 0 radical (unpaired) electrons. The van der Waals surface area contributed by atoms with Crippen LogP contribution in [-0.4, -0.2) is 19.4 Å². The Morgan fingerprint density at radius 2 is 1.86 bits per heavy atom. The Hall–Kier alpha value is -3.19. The molecule has 0 bridgehead atoms. The summed E-state index contributed by atoms with van der Waals surface area (Å²) in [5.41, 5.74) is 2.82. The zero-order valence-corrected chi connectivity index (χ0v) is 16.4. The highest BCUT2D eigenvalue weighted by Gasteiger charge is 2.19. The highest BCUT2D eigenvalue weighted by atomic mass is 32.2. The van der Waals surface area contributed by atoms with Crippen LogP contribution >= 0.6 is 0 Å². The monoisotopic (exact) mass is 396 g/mol. The number of rotatable bonds is 6. The Morgan fingerprint density at radius 1 is 1.04 bits per heavy atom. The lowest BCUT2D eigenvalue weighted by Gasteiger charge is -2.12. The smallest absolute Gasteiger partial charge is 0.338 e. The van der Waals surface area contributed by atoms with Gasteiger partial charge >= 0.3 is 5.97 Å². The molecule has 1 heterocycles. The van der Waals surface area contributed by atoms with Crippen molar-refractivity contribution in [2.45, 2.75) is 25.3 Å². The second-order valence-electron chi connectivity index (χ2n) is 6.35. The van der Waals surface area contributed by atoms with E-state index in [0.29, 0.717) is 16.9 Å². The molecule has 0 spiro atoms. The van der Waals surface area contributed by atoms with Crippen LogP contribution in [0.15, 0.2) is 71.8 Å². The molecule has 0 fully saturated rings. The van der Waals surface area contributed by atoms with Gasteiger partial charge in [-0.05, 0) is 61.4 Å². The molecule has 144 valence electrons. The van der Waals surface area contributed by atoms with Crippen molar-refractivity contribution < 1.29 is 17.9 Å². The van der Waals surface area contributed by atoms with Gasteiger partial charge in [0.15, 0.2) is 0 Å². The predicted octanol–water partition coefficient (Wildman–Crippen LogP) is 3.86. The normalized spacial score (nSPS) is 11.1. The number of hydrogen-bond donors (Lipinski definition) is 1. The van der Waals surface area contributed by atoms with Crippen molar-refractivity contribution in [3.63, 3.8) is 0 Å². The fraction of sp³-hybridized carbons (Fsp3) is 0.143. The minimum atomic E-state index is -3.84. The lowest BCUT2D eigenvalue weighted by atomic mass is 10.1. The van der Waals surface area contributed by atoms with Gasteiger partial charge in [-0.15, -0.1) is 0 Å². The van der Waals surface area contributed by atoms with Crippen LogP contribution < -0.4 is 4.72 Å². The van der Waals surface area contributed by atoms with Crippen LogP contribution in [0.25, 0.3) is 0 Å². The molecule has 0 saturated carbocycles. The Labute approximate surface area is 164 Å². The summed E-state index contributed by atoms with van der Waals surface area (Å²) < 4.78 is 33.2. The molecule has 28 heavy (non-hydrogen) atoms. The van der Waals surface area contributed by atoms with Gasteiger partial charge in [0.25, 0.3) is 10.0 Å². The number of aryl methyl sites for hydroxylation is 2. The van der Waals surface area contributed by atoms with Gasteiger partial charge in [0.1, 0.15) is 6.61 Å². The van der Waals surface area contributed by atoms with E-state index in [1.165, 1.54) is 12.1 Å². The lowest BCUT2D eigenvalue weighted by Crippen LogP contribution is -2.15. The summed E-state index contributed by atoms with van der Waals surface area (Å²) in [5, 5.41) is 0. The molecule has 0 amide bonds. The number of benzene rings is 2. The van der Waals surface area contributed by atoms with E-state index in [-0.39, 0.29) is 17.1 Å². The summed E-state index contributed by atoms with van der Waals surface area (Å²) in [6, 6.07) is 16.7. The van der Waals surface area contributed by atoms with E-state index in [2.05, 4.69) is 9.71 Å². The highest BCUT2D eigenvalue weighted by molar-refractivity contribution is 7.92. The van der Waals surface area contributed by atoms with Crippen molar-refractivity contribution >= 4 is 21.7 Å². The zero-order valence-electron chi connectivity index (χ0n) is 15.5. The predicted molar refractivity (Wildman–Crippen MR) is 107 cm³/mol. The van der Waals surface area contributed by atoms with Crippen LogP contribution in [0.4, 0.5) is 5.69 Å². The van der Waals surface area contributed by atoms with Crippen molar-refractivity contribution in [2.75, 3.05) is 4.72 Å². The summed E-state index contributed by atoms with van der Waals surface area (Å²) in [4.78, 5) is 16.5. The second-order valence-corrected chi connectivity index (χ2v) is 8.03. The first-order valence-corrected chi connectivity index (χ1v) is 10.1. The maximum absolute atomic E-state index is 12.7. The molecule has 0 aliphatic carbocycles. The summed E-state index contributed by atoms with van der Waals surface area (Å²) in [6.45, 7) is 3.61. The van der Waals surface area contributed by atoms with Crippen LogP contribution in [0.3, 0.4) is 0 Å². The van der Waals surface area contributed by atoms with Crippen molar-refractivity contribution in [2.24, 2.45) is 0 Å². The maximum Gasteiger partial charge on any atom is 0.338 e. The number of esters is 1. The Morgan fingerprint density at radius 3 is 2.57 bits per heavy atom. The van der Waals surface area contributed by atoms with E-state index in [1.54, 1.807) is 55.6 Å². The first-order valence-electron chi connectivity index (χ1n) is 8.62. The van der Waals surface area contributed by atoms with Gasteiger partial charge in [0.05, 0.1) is 16.2 Å². The molecular formula is C21H20N2O4S. The molecular weight excluding hydrogens is 376 g/mol. The quantitative estimate of drug-likeness (QED) is 0.640. The largest absolute Gasteiger partial charge is 0.456 e. The molecule has 0 aliphatic rings. The SMILES string of the molecule is Cc1cccc(NS(=O)(=O)c2ccc(C)c(C(=O)OCc3ccccn3)c2)c1. The number of pyridine rings is 1. The summed E-state index contributed by atoms with van der Waals surface area (Å²) in [6.07, 6.45) is 1.61. The van der Waals surface area contributed by atoms with Crippen LogP contribution in [0.1, 0.15) is 27.2 Å². The van der Waals surface area contributed by atoms with Crippen molar-refractivity contribution in [1.29, 1.82) is 0 Å². The fourth-order valence-corrected chi connectivity index (χ4v) is 3.69. The van der Waals surface area contributed by atoms with E-state index in [4.69, 9.17) is 4.74 Å². The molecule has 0 saturated heterocycles. The molecule has 7 heteroatoms. The van der Waals surface area contributed by atoms with Crippen LogP contribution in [0.5, 0.6) is 0 Å². The number of ether oxygens (including phenoxy) is 1. The third kappa shape index (κ3) is 4.75. The number of anilines is 1. The van der Waals surface area contributed by atoms with Crippen LogP contribution in [-0.2, 0) is 21.4 Å². The van der Waals surface area contributed by atoms with E-state index in [1.807, 2.05) is 13.0 Å². The van der Waals surface area contributed by atoms with E-state index in [0.717, 1.165) is 5.56 Å². The Kier molecular flexibility index (Phi) is 5.75. The molecule has 0 unspecified atom stereocenters. The van der Waals surface area contributed by atoms with Gasteiger partial charge in [0, 0.05) is 11.9 Å². The van der Waals surface area contributed by atoms with Crippen molar-refractivity contribution in [1.82, 2.24) is 4.98 Å². The highest BCUT2D eigenvalue weighted by Crippen LogP contribution is 2.21. The van der Waals surface area contributed by atoms with E-state index in [9.17, 15) is 13.2 Å². The number of nitrogens with one attached hydrogen (secondary N) is 1. The third-order valence-corrected chi connectivity index (χ3v) is 5.47. The molecule has 3 rings (SSSR count). The van der Waals surface area contributed by atoms with E-state index >= 15 is 0 Å². The van der Waals surface area contributed by atoms with Gasteiger partial charge in [0.2, 0.25) is 0 Å². The average Bonchev–Trinajstić information content (AvgIpc) is 2.67. The van der Waals surface area contributed by atoms with Gasteiger partial charge in [-0.25, -0.2) is 13.2 Å². The maximum atomic E-state index is 12.7. The minimum absolute atomic E-state index is 0.00982. The van der Waals surface area contributed by atoms with Crippen molar-refractivity contribution in [3.8, 4) is 0 Å². The first kappa shape index (κ1) is 19.6. The van der Waals surface area contributed by atoms with Gasteiger partial charge in [-0.1, -0.05) is 24.3 Å². The molecule has 1 N–H and O–H groups in total. The second kappa shape index (κ2) is 8.22. The molecule has 0 aliphatic heterocycles. The number of carbonyl (C=O) groups excluding carboxylic acids is 1. The van der Waals surface area contributed by atoms with Gasteiger partial charge in [-0.3, -0.25) is 9.71 Å². The Balaban J connectivity index is 1.81. The summed E-state index contributed by atoms with van der Waals surface area (Å²) in [7, 11) is -3.84.